The lowest BCUT2D eigenvalue weighted by atomic mass is 10.2. The molecular formula is C18H23N7O2S3. The minimum Gasteiger partial charge on any atom is -0.306 e. The molecule has 1 atom stereocenters. The molecule has 2 heterocycles. The number of nitrogens with one attached hydrogen (secondary N) is 1. The zero-order valence-corrected chi connectivity index (χ0v) is 19.6. The SMILES string of the molecule is CCc1nnc(SCC(=O)Nc2nnc(-c3ccc(S(C)(=O)=NC)cc3)s2)n1CC. The lowest BCUT2D eigenvalue weighted by molar-refractivity contribution is -0.113. The van der Waals surface area contributed by atoms with Crippen LogP contribution >= 0.6 is 23.1 Å². The van der Waals surface area contributed by atoms with Crippen molar-refractivity contribution in [2.75, 3.05) is 24.4 Å². The predicted octanol–water partition coefficient (Wildman–Crippen LogP) is 3.20. The smallest absolute Gasteiger partial charge is 0.236 e. The maximum atomic E-state index is 12.3. The fraction of sp³-hybridized carbons (Fsp3) is 0.389. The maximum absolute atomic E-state index is 12.3. The molecular weight excluding hydrogens is 442 g/mol. The third kappa shape index (κ3) is 5.05. The summed E-state index contributed by atoms with van der Waals surface area (Å²) < 4.78 is 18.2. The van der Waals surface area contributed by atoms with Crippen LogP contribution in [0.25, 0.3) is 10.6 Å². The van der Waals surface area contributed by atoms with Crippen LogP contribution in [0.4, 0.5) is 5.13 Å². The van der Waals surface area contributed by atoms with Crippen LogP contribution < -0.4 is 5.32 Å². The molecule has 0 aliphatic rings. The van der Waals surface area contributed by atoms with Crippen molar-refractivity contribution in [2.24, 2.45) is 4.36 Å². The van der Waals surface area contributed by atoms with E-state index in [-0.39, 0.29) is 11.7 Å². The summed E-state index contributed by atoms with van der Waals surface area (Å²) in [5, 5.41) is 21.1. The maximum Gasteiger partial charge on any atom is 0.236 e. The molecule has 0 saturated heterocycles. The first-order valence-electron chi connectivity index (χ1n) is 9.26. The van der Waals surface area contributed by atoms with Gasteiger partial charge in [0, 0.05) is 36.7 Å². The van der Waals surface area contributed by atoms with E-state index in [0.29, 0.717) is 15.0 Å². The summed E-state index contributed by atoms with van der Waals surface area (Å²) in [4.78, 5) is 13.0. The standard InChI is InChI=1S/C18H23N7O2S3/c1-5-14-21-24-18(25(14)6-2)28-11-15(26)20-17-23-22-16(29-17)12-7-9-13(10-8-12)30(4,27)19-3/h7-10H,5-6,11H2,1-4H3,(H,20,23,26). The number of aryl methyl sites for hydroxylation is 1. The van der Waals surface area contributed by atoms with Crippen molar-refractivity contribution in [1.82, 2.24) is 25.0 Å². The number of benzene rings is 1. The highest BCUT2D eigenvalue weighted by atomic mass is 32.2. The fourth-order valence-corrected chi connectivity index (χ4v) is 5.07. The third-order valence-corrected chi connectivity index (χ3v) is 8.01. The van der Waals surface area contributed by atoms with Crippen LogP contribution in [-0.4, -0.2) is 54.1 Å². The van der Waals surface area contributed by atoms with Crippen molar-refractivity contribution in [3.63, 3.8) is 0 Å². The molecule has 1 aromatic carbocycles. The number of thioether (sulfide) groups is 1. The number of hydrogen-bond donors (Lipinski definition) is 1. The first kappa shape index (κ1) is 22.4. The highest BCUT2D eigenvalue weighted by Gasteiger charge is 2.14. The molecule has 160 valence electrons. The Bertz CT molecular complexity index is 1140. The van der Waals surface area contributed by atoms with Crippen molar-refractivity contribution < 1.29 is 9.00 Å². The normalized spacial score (nSPS) is 13.1. The zero-order chi connectivity index (χ0) is 21.7. The van der Waals surface area contributed by atoms with Gasteiger partial charge in [0.05, 0.1) is 15.5 Å². The first-order valence-corrected chi connectivity index (χ1v) is 13.0. The Balaban J connectivity index is 1.62. The Morgan fingerprint density at radius 2 is 1.93 bits per heavy atom. The van der Waals surface area contributed by atoms with E-state index in [0.717, 1.165) is 29.5 Å². The van der Waals surface area contributed by atoms with Gasteiger partial charge in [0.25, 0.3) is 0 Å². The number of carbonyl (C=O) groups is 1. The molecule has 0 spiro atoms. The van der Waals surface area contributed by atoms with Gasteiger partial charge in [0.1, 0.15) is 10.8 Å². The third-order valence-electron chi connectivity index (χ3n) is 4.32. The number of amides is 1. The van der Waals surface area contributed by atoms with Gasteiger partial charge in [0.15, 0.2) is 5.16 Å². The second-order valence-corrected chi connectivity index (χ2v) is 10.6. The van der Waals surface area contributed by atoms with Gasteiger partial charge >= 0.3 is 0 Å². The van der Waals surface area contributed by atoms with E-state index in [9.17, 15) is 9.00 Å². The monoisotopic (exact) mass is 465 g/mol. The average molecular weight is 466 g/mol. The number of rotatable bonds is 8. The number of aromatic nitrogens is 5. The molecule has 0 fully saturated rings. The Hall–Kier alpha value is -2.31. The van der Waals surface area contributed by atoms with Gasteiger partial charge in [-0.1, -0.05) is 42.2 Å². The minimum absolute atomic E-state index is 0.183. The molecule has 1 N–H and O–H groups in total. The Morgan fingerprint density at radius 3 is 2.57 bits per heavy atom. The zero-order valence-electron chi connectivity index (χ0n) is 17.2. The predicted molar refractivity (Wildman–Crippen MR) is 120 cm³/mol. The fourth-order valence-electron chi connectivity index (χ4n) is 2.64. The lowest BCUT2D eigenvalue weighted by Crippen LogP contribution is -2.14. The number of hydrogen-bond acceptors (Lipinski definition) is 9. The van der Waals surface area contributed by atoms with E-state index < -0.39 is 9.73 Å². The molecule has 3 aromatic rings. The Kier molecular flexibility index (Phi) is 7.21. The van der Waals surface area contributed by atoms with Gasteiger partial charge in [-0.05, 0) is 19.1 Å². The van der Waals surface area contributed by atoms with Crippen LogP contribution in [0.15, 0.2) is 38.7 Å². The number of nitrogens with zero attached hydrogens (tertiary/aromatic N) is 6. The van der Waals surface area contributed by atoms with Crippen molar-refractivity contribution in [1.29, 1.82) is 0 Å². The van der Waals surface area contributed by atoms with Crippen LogP contribution in [0, 0.1) is 0 Å². The summed E-state index contributed by atoms with van der Waals surface area (Å²) in [6, 6.07) is 7.20. The second-order valence-electron chi connectivity index (χ2n) is 6.26. The van der Waals surface area contributed by atoms with E-state index >= 15 is 0 Å². The van der Waals surface area contributed by atoms with Gasteiger partial charge in [0.2, 0.25) is 11.0 Å². The molecule has 1 unspecified atom stereocenters. The molecule has 0 bridgehead atoms. The van der Waals surface area contributed by atoms with Crippen LogP contribution in [0.1, 0.15) is 19.7 Å². The van der Waals surface area contributed by atoms with Crippen molar-refractivity contribution in [2.45, 2.75) is 36.9 Å². The molecule has 0 saturated carbocycles. The summed E-state index contributed by atoms with van der Waals surface area (Å²) in [6.45, 7) is 4.81. The quantitative estimate of drug-likeness (QED) is 0.508. The molecule has 0 aliphatic carbocycles. The number of carbonyl (C=O) groups excluding carboxylic acids is 1. The summed E-state index contributed by atoms with van der Waals surface area (Å²) in [5.41, 5.74) is 0.834. The Morgan fingerprint density at radius 1 is 1.20 bits per heavy atom. The molecule has 0 radical (unpaired) electrons. The van der Waals surface area contributed by atoms with Crippen LogP contribution in [0.3, 0.4) is 0 Å². The summed E-state index contributed by atoms with van der Waals surface area (Å²) >= 11 is 2.62. The lowest BCUT2D eigenvalue weighted by Gasteiger charge is -2.05. The van der Waals surface area contributed by atoms with Crippen molar-refractivity contribution in [3.05, 3.63) is 30.1 Å². The van der Waals surface area contributed by atoms with E-state index in [1.807, 2.05) is 30.5 Å². The highest BCUT2D eigenvalue weighted by molar-refractivity contribution is 7.99. The molecule has 1 amide bonds. The highest BCUT2D eigenvalue weighted by Crippen LogP contribution is 2.28. The van der Waals surface area contributed by atoms with Crippen molar-refractivity contribution in [3.8, 4) is 10.6 Å². The summed E-state index contributed by atoms with van der Waals surface area (Å²) in [6.07, 6.45) is 2.40. The largest absolute Gasteiger partial charge is 0.306 e. The molecule has 0 aliphatic heterocycles. The molecule has 30 heavy (non-hydrogen) atoms. The van der Waals surface area contributed by atoms with Gasteiger partial charge < -0.3 is 4.57 Å². The summed E-state index contributed by atoms with van der Waals surface area (Å²) in [7, 11) is -0.826. The van der Waals surface area contributed by atoms with E-state index in [2.05, 4.69) is 30.1 Å². The first-order chi connectivity index (χ1) is 14.4. The van der Waals surface area contributed by atoms with Gasteiger partial charge in [-0.15, -0.1) is 20.4 Å². The van der Waals surface area contributed by atoms with Gasteiger partial charge in [-0.2, -0.15) is 0 Å². The molecule has 2 aromatic heterocycles. The van der Waals surface area contributed by atoms with E-state index in [1.165, 1.54) is 23.1 Å². The molecule has 12 heteroatoms. The minimum atomic E-state index is -2.37. The van der Waals surface area contributed by atoms with E-state index in [1.54, 1.807) is 25.4 Å². The van der Waals surface area contributed by atoms with Gasteiger partial charge in [-0.25, -0.2) is 8.57 Å². The number of anilines is 1. The second kappa shape index (κ2) is 9.67. The van der Waals surface area contributed by atoms with Crippen LogP contribution in [-0.2, 0) is 27.5 Å². The van der Waals surface area contributed by atoms with Crippen LogP contribution in [0.5, 0.6) is 0 Å². The molecule has 9 nitrogen and oxygen atoms in total. The topological polar surface area (TPSA) is 115 Å². The van der Waals surface area contributed by atoms with E-state index in [4.69, 9.17) is 0 Å². The molecule has 3 rings (SSSR count). The van der Waals surface area contributed by atoms with Crippen molar-refractivity contribution >= 4 is 43.9 Å². The summed E-state index contributed by atoms with van der Waals surface area (Å²) in [5.74, 6) is 0.931. The van der Waals surface area contributed by atoms with Gasteiger partial charge in [-0.3, -0.25) is 10.1 Å². The van der Waals surface area contributed by atoms with Crippen LogP contribution in [0.2, 0.25) is 0 Å². The average Bonchev–Trinajstić information content (AvgIpc) is 3.38. The Labute approximate surface area is 183 Å².